The van der Waals surface area contributed by atoms with Crippen LogP contribution in [0.15, 0.2) is 51.6 Å². The van der Waals surface area contributed by atoms with Crippen LogP contribution in [0.4, 0.5) is 0 Å². The number of carbonyl (C=O) groups is 1. The fourth-order valence-electron chi connectivity index (χ4n) is 4.59. The lowest BCUT2D eigenvalue weighted by Gasteiger charge is -2.22. The Bertz CT molecular complexity index is 1460. The lowest BCUT2D eigenvalue weighted by molar-refractivity contribution is -0.122. The van der Waals surface area contributed by atoms with Crippen LogP contribution in [-0.4, -0.2) is 24.6 Å². The summed E-state index contributed by atoms with van der Waals surface area (Å²) in [5.74, 6) is -0.396. The molecule has 170 valence electrons. The standard InChI is InChI=1S/C24H25N5O3S/c1-27-14-25-22-21(27)23(31)29(24(32)28(22)2)13-19(30)26-20(18-8-5-11-33-18)17-10-9-15-6-3-4-7-16(15)12-17/h5,8-12,14,20H,3-4,6-7,13H2,1-2H3,(H,26,30)/t20-/m0/s1. The molecule has 3 aromatic heterocycles. The van der Waals surface area contributed by atoms with Crippen molar-refractivity contribution in [1.82, 2.24) is 24.0 Å². The molecule has 4 aromatic rings. The molecule has 5 rings (SSSR count). The van der Waals surface area contributed by atoms with Gasteiger partial charge in [0.15, 0.2) is 11.2 Å². The molecule has 1 atom stereocenters. The van der Waals surface area contributed by atoms with Crippen LogP contribution in [-0.2, 0) is 38.3 Å². The average molecular weight is 464 g/mol. The molecule has 9 heteroatoms. The minimum absolute atomic E-state index is 0.286. The first kappa shape index (κ1) is 21.4. The van der Waals surface area contributed by atoms with E-state index in [1.54, 1.807) is 30.0 Å². The van der Waals surface area contributed by atoms with Crippen molar-refractivity contribution in [2.75, 3.05) is 0 Å². The van der Waals surface area contributed by atoms with Gasteiger partial charge in [0.25, 0.3) is 5.56 Å². The van der Waals surface area contributed by atoms with Crippen LogP contribution in [0.1, 0.15) is 40.5 Å². The van der Waals surface area contributed by atoms with Gasteiger partial charge < -0.3 is 9.88 Å². The second-order valence-corrected chi connectivity index (χ2v) is 9.49. The van der Waals surface area contributed by atoms with E-state index in [1.807, 2.05) is 17.5 Å². The van der Waals surface area contributed by atoms with E-state index in [2.05, 4.69) is 28.5 Å². The topological polar surface area (TPSA) is 90.9 Å². The van der Waals surface area contributed by atoms with Gasteiger partial charge in [0.05, 0.1) is 12.4 Å². The van der Waals surface area contributed by atoms with Crippen LogP contribution in [0.3, 0.4) is 0 Å². The molecule has 1 amide bonds. The Morgan fingerprint density at radius 3 is 2.70 bits per heavy atom. The molecule has 0 saturated carbocycles. The van der Waals surface area contributed by atoms with Gasteiger partial charge in [0.2, 0.25) is 5.91 Å². The van der Waals surface area contributed by atoms with Crippen molar-refractivity contribution < 1.29 is 4.79 Å². The highest BCUT2D eigenvalue weighted by molar-refractivity contribution is 7.10. The molecule has 8 nitrogen and oxygen atoms in total. The van der Waals surface area contributed by atoms with E-state index >= 15 is 0 Å². The molecule has 1 aromatic carbocycles. The van der Waals surface area contributed by atoms with Crippen LogP contribution >= 0.6 is 11.3 Å². The minimum atomic E-state index is -0.567. The quantitative estimate of drug-likeness (QED) is 0.492. The molecule has 0 bridgehead atoms. The maximum Gasteiger partial charge on any atom is 0.332 e. The molecule has 0 aliphatic heterocycles. The third-order valence-corrected chi connectivity index (χ3v) is 7.28. The van der Waals surface area contributed by atoms with Gasteiger partial charge >= 0.3 is 5.69 Å². The van der Waals surface area contributed by atoms with E-state index in [9.17, 15) is 14.4 Å². The zero-order valence-corrected chi connectivity index (χ0v) is 19.4. The van der Waals surface area contributed by atoms with Crippen molar-refractivity contribution in [2.45, 2.75) is 38.3 Å². The first-order valence-electron chi connectivity index (χ1n) is 11.0. The SMILES string of the molecule is Cn1cnc2c1c(=O)n(CC(=O)N[C@@H](c1ccc3c(c1)CCCC3)c1cccs1)c(=O)n2C. The lowest BCUT2D eigenvalue weighted by Crippen LogP contribution is -2.44. The predicted molar refractivity (Wildman–Crippen MR) is 128 cm³/mol. The summed E-state index contributed by atoms with van der Waals surface area (Å²) in [7, 11) is 3.24. The molecule has 0 fully saturated rings. The molecule has 33 heavy (non-hydrogen) atoms. The summed E-state index contributed by atoms with van der Waals surface area (Å²) in [6.07, 6.45) is 6.01. The number of benzene rings is 1. The lowest BCUT2D eigenvalue weighted by atomic mass is 9.89. The van der Waals surface area contributed by atoms with Crippen LogP contribution < -0.4 is 16.6 Å². The Labute approximate surface area is 194 Å². The number of fused-ring (bicyclic) bond motifs is 2. The molecule has 1 aliphatic rings. The average Bonchev–Trinajstić information content (AvgIpc) is 3.49. The Hall–Kier alpha value is -3.46. The summed E-state index contributed by atoms with van der Waals surface area (Å²) in [4.78, 5) is 44.0. The van der Waals surface area contributed by atoms with Gasteiger partial charge in [-0.2, -0.15) is 0 Å². The van der Waals surface area contributed by atoms with Crippen LogP contribution in [0, 0.1) is 0 Å². The number of imidazole rings is 1. The summed E-state index contributed by atoms with van der Waals surface area (Å²) in [5.41, 5.74) is 3.22. The van der Waals surface area contributed by atoms with Gasteiger partial charge in [0.1, 0.15) is 6.54 Å². The van der Waals surface area contributed by atoms with E-state index in [0.717, 1.165) is 27.8 Å². The summed E-state index contributed by atoms with van der Waals surface area (Å²) < 4.78 is 3.83. The van der Waals surface area contributed by atoms with Crippen LogP contribution in [0.25, 0.3) is 11.2 Å². The number of amides is 1. The van der Waals surface area contributed by atoms with Crippen LogP contribution in [0.2, 0.25) is 0 Å². The summed E-state index contributed by atoms with van der Waals surface area (Å²) in [6.45, 7) is -0.362. The molecule has 0 saturated heterocycles. The first-order chi connectivity index (χ1) is 15.9. The Balaban J connectivity index is 1.48. The third-order valence-electron chi connectivity index (χ3n) is 6.34. The molecule has 0 spiro atoms. The number of hydrogen-bond donors (Lipinski definition) is 1. The van der Waals surface area contributed by atoms with Gasteiger partial charge in [-0.15, -0.1) is 11.3 Å². The number of hydrogen-bond acceptors (Lipinski definition) is 5. The number of thiophene rings is 1. The molecule has 1 N–H and O–H groups in total. The van der Waals surface area contributed by atoms with E-state index in [0.29, 0.717) is 5.65 Å². The number of rotatable bonds is 5. The number of carbonyl (C=O) groups excluding carboxylic acids is 1. The highest BCUT2D eigenvalue weighted by atomic mass is 32.1. The Kier molecular flexibility index (Phi) is 5.49. The predicted octanol–water partition coefficient (Wildman–Crippen LogP) is 2.28. The highest BCUT2D eigenvalue weighted by Crippen LogP contribution is 2.30. The van der Waals surface area contributed by atoms with Gasteiger partial charge in [-0.3, -0.25) is 14.2 Å². The van der Waals surface area contributed by atoms with Crippen molar-refractivity contribution in [2.24, 2.45) is 14.1 Å². The second-order valence-electron chi connectivity index (χ2n) is 8.51. The largest absolute Gasteiger partial charge is 0.343 e. The minimum Gasteiger partial charge on any atom is -0.343 e. The first-order valence-corrected chi connectivity index (χ1v) is 11.9. The molecule has 0 radical (unpaired) electrons. The maximum atomic E-state index is 13.1. The number of nitrogens with one attached hydrogen (secondary N) is 1. The fourth-order valence-corrected chi connectivity index (χ4v) is 5.40. The van der Waals surface area contributed by atoms with Gasteiger partial charge in [-0.25, -0.2) is 14.3 Å². The van der Waals surface area contributed by atoms with E-state index in [4.69, 9.17) is 0 Å². The van der Waals surface area contributed by atoms with Crippen molar-refractivity contribution in [3.63, 3.8) is 0 Å². The van der Waals surface area contributed by atoms with Gasteiger partial charge in [0, 0.05) is 19.0 Å². The fraction of sp³-hybridized carbons (Fsp3) is 0.333. The van der Waals surface area contributed by atoms with Crippen molar-refractivity contribution >= 4 is 28.4 Å². The zero-order chi connectivity index (χ0) is 23.1. The van der Waals surface area contributed by atoms with Crippen molar-refractivity contribution in [3.05, 3.63) is 84.4 Å². The Morgan fingerprint density at radius 1 is 1.15 bits per heavy atom. The normalized spacial score (nSPS) is 14.2. The molecule has 3 heterocycles. The number of nitrogens with zero attached hydrogens (tertiary/aromatic N) is 4. The number of aryl methyl sites for hydroxylation is 4. The van der Waals surface area contributed by atoms with Crippen LogP contribution in [0.5, 0.6) is 0 Å². The highest BCUT2D eigenvalue weighted by Gasteiger charge is 2.22. The van der Waals surface area contributed by atoms with Crippen molar-refractivity contribution in [3.8, 4) is 0 Å². The van der Waals surface area contributed by atoms with Crippen molar-refractivity contribution in [1.29, 1.82) is 0 Å². The second kappa shape index (κ2) is 8.47. The van der Waals surface area contributed by atoms with E-state index < -0.39 is 17.2 Å². The Morgan fingerprint density at radius 2 is 1.94 bits per heavy atom. The summed E-state index contributed by atoms with van der Waals surface area (Å²) in [5, 5.41) is 5.04. The monoisotopic (exact) mass is 463 g/mol. The molecular formula is C24H25N5O3S. The molecule has 1 aliphatic carbocycles. The van der Waals surface area contributed by atoms with Gasteiger partial charge in [-0.05, 0) is 53.8 Å². The van der Waals surface area contributed by atoms with E-state index in [1.165, 1.54) is 34.9 Å². The van der Waals surface area contributed by atoms with E-state index in [-0.39, 0.29) is 18.1 Å². The smallest absolute Gasteiger partial charge is 0.332 e. The summed E-state index contributed by atoms with van der Waals surface area (Å²) >= 11 is 1.56. The molecular weight excluding hydrogens is 438 g/mol. The van der Waals surface area contributed by atoms with Gasteiger partial charge in [-0.1, -0.05) is 24.3 Å². The zero-order valence-electron chi connectivity index (χ0n) is 18.6. The maximum absolute atomic E-state index is 13.1. The number of aromatic nitrogens is 4. The molecule has 0 unspecified atom stereocenters. The summed E-state index contributed by atoms with van der Waals surface area (Å²) in [6, 6.07) is 10.0. The third kappa shape index (κ3) is 3.82.